The van der Waals surface area contributed by atoms with Crippen molar-refractivity contribution >= 4 is 11.6 Å². The number of hydrogen-bond acceptors (Lipinski definition) is 3. The summed E-state index contributed by atoms with van der Waals surface area (Å²) in [6.07, 6.45) is 6.58. The van der Waals surface area contributed by atoms with Gasteiger partial charge in [0.1, 0.15) is 0 Å². The lowest BCUT2D eigenvalue weighted by atomic mass is 9.90. The Hall–Kier alpha value is -1.48. The predicted molar refractivity (Wildman–Crippen MR) is 66.9 cm³/mol. The smallest absolute Gasteiger partial charge is 0.215 e. The molecule has 3 rings (SSSR count). The number of benzene rings is 1. The molecule has 17 heavy (non-hydrogen) atoms. The zero-order chi connectivity index (χ0) is 11.7. The van der Waals surface area contributed by atoms with Crippen LogP contribution in [0.1, 0.15) is 24.0 Å². The van der Waals surface area contributed by atoms with Gasteiger partial charge in [-0.3, -0.25) is 0 Å². The highest BCUT2D eigenvalue weighted by Gasteiger charge is 2.11. The van der Waals surface area contributed by atoms with Crippen LogP contribution in [0.2, 0.25) is 5.28 Å². The van der Waals surface area contributed by atoms with E-state index in [1.165, 1.54) is 30.4 Å². The first kappa shape index (κ1) is 10.7. The van der Waals surface area contributed by atoms with Crippen LogP contribution in [0.4, 0.5) is 0 Å². The molecule has 0 aliphatic heterocycles. The SMILES string of the molecule is Clc1nncc(-c2ccc3c(c2)CCCC3)n1. The van der Waals surface area contributed by atoms with Crippen LogP contribution < -0.4 is 0 Å². The minimum Gasteiger partial charge on any atom is -0.215 e. The van der Waals surface area contributed by atoms with Crippen molar-refractivity contribution in [1.82, 2.24) is 15.2 Å². The maximum absolute atomic E-state index is 5.75. The normalized spacial score (nSPS) is 14.4. The fraction of sp³-hybridized carbons (Fsp3) is 0.308. The van der Waals surface area contributed by atoms with Gasteiger partial charge in [-0.2, -0.15) is 5.10 Å². The molecule has 0 saturated carbocycles. The van der Waals surface area contributed by atoms with Crippen molar-refractivity contribution in [3.8, 4) is 11.3 Å². The Bertz CT molecular complexity index is 554. The molecule has 3 nitrogen and oxygen atoms in total. The lowest BCUT2D eigenvalue weighted by Gasteiger charge is -2.16. The van der Waals surface area contributed by atoms with Crippen molar-refractivity contribution in [2.45, 2.75) is 25.7 Å². The molecule has 86 valence electrons. The third kappa shape index (κ3) is 2.15. The standard InChI is InChI=1S/C13H12ClN3/c14-13-16-12(8-15-17-13)11-6-5-9-3-1-2-4-10(9)7-11/h5-8H,1-4H2. The highest BCUT2D eigenvalue weighted by atomic mass is 35.5. The molecular formula is C13H12ClN3. The molecule has 0 fully saturated rings. The predicted octanol–water partition coefficient (Wildman–Crippen LogP) is 3.07. The van der Waals surface area contributed by atoms with Gasteiger partial charge in [-0.15, -0.1) is 5.10 Å². The van der Waals surface area contributed by atoms with Gasteiger partial charge in [-0.25, -0.2) is 4.98 Å². The molecule has 0 unspecified atom stereocenters. The van der Waals surface area contributed by atoms with Crippen molar-refractivity contribution in [2.24, 2.45) is 0 Å². The Kier molecular flexibility index (Phi) is 2.77. The summed E-state index contributed by atoms with van der Waals surface area (Å²) in [6.45, 7) is 0. The van der Waals surface area contributed by atoms with Crippen LogP contribution in [-0.4, -0.2) is 15.2 Å². The highest BCUT2D eigenvalue weighted by molar-refractivity contribution is 6.28. The largest absolute Gasteiger partial charge is 0.243 e. The molecular weight excluding hydrogens is 234 g/mol. The van der Waals surface area contributed by atoms with E-state index in [0.717, 1.165) is 17.7 Å². The van der Waals surface area contributed by atoms with E-state index in [2.05, 4.69) is 33.4 Å². The maximum Gasteiger partial charge on any atom is 0.243 e. The summed E-state index contributed by atoms with van der Waals surface area (Å²) < 4.78 is 0. The van der Waals surface area contributed by atoms with Crippen LogP contribution >= 0.6 is 11.6 Å². The first-order valence-corrected chi connectivity index (χ1v) is 6.18. The molecule has 0 amide bonds. The minimum absolute atomic E-state index is 0.195. The topological polar surface area (TPSA) is 38.7 Å². The molecule has 0 spiro atoms. The van der Waals surface area contributed by atoms with Crippen LogP contribution in [0.3, 0.4) is 0 Å². The van der Waals surface area contributed by atoms with E-state index in [9.17, 15) is 0 Å². The molecule has 1 aromatic carbocycles. The zero-order valence-electron chi connectivity index (χ0n) is 9.36. The lowest BCUT2D eigenvalue weighted by Crippen LogP contribution is -2.02. The van der Waals surface area contributed by atoms with Crippen LogP contribution in [0, 0.1) is 0 Å². The molecule has 1 heterocycles. The summed E-state index contributed by atoms with van der Waals surface area (Å²) in [5.41, 5.74) is 4.76. The van der Waals surface area contributed by atoms with E-state index in [4.69, 9.17) is 11.6 Å². The monoisotopic (exact) mass is 245 g/mol. The second kappa shape index (κ2) is 4.41. The Balaban J connectivity index is 2.04. The molecule has 1 aliphatic rings. The van der Waals surface area contributed by atoms with E-state index in [1.807, 2.05) is 0 Å². The molecule has 4 heteroatoms. The summed E-state index contributed by atoms with van der Waals surface area (Å²) in [5, 5.41) is 7.68. The van der Waals surface area contributed by atoms with Gasteiger partial charge in [0.25, 0.3) is 0 Å². The minimum atomic E-state index is 0.195. The summed E-state index contributed by atoms with van der Waals surface area (Å²) in [7, 11) is 0. The molecule has 0 atom stereocenters. The second-order valence-electron chi connectivity index (χ2n) is 4.30. The van der Waals surface area contributed by atoms with E-state index in [-0.39, 0.29) is 5.28 Å². The molecule has 2 aromatic rings. The van der Waals surface area contributed by atoms with Crippen LogP contribution in [-0.2, 0) is 12.8 Å². The van der Waals surface area contributed by atoms with Crippen molar-refractivity contribution in [2.75, 3.05) is 0 Å². The van der Waals surface area contributed by atoms with Gasteiger partial charge in [0.05, 0.1) is 11.9 Å². The third-order valence-electron chi connectivity index (χ3n) is 3.18. The summed E-state index contributed by atoms with van der Waals surface area (Å²) in [4.78, 5) is 4.18. The second-order valence-corrected chi connectivity index (χ2v) is 4.64. The number of rotatable bonds is 1. The Morgan fingerprint density at radius 3 is 2.71 bits per heavy atom. The van der Waals surface area contributed by atoms with Gasteiger partial charge in [0.15, 0.2) is 0 Å². The Morgan fingerprint density at radius 1 is 1.06 bits per heavy atom. The number of fused-ring (bicyclic) bond motifs is 1. The summed E-state index contributed by atoms with van der Waals surface area (Å²) in [6, 6.07) is 6.49. The van der Waals surface area contributed by atoms with Crippen molar-refractivity contribution in [3.05, 3.63) is 40.8 Å². The van der Waals surface area contributed by atoms with Gasteiger partial charge in [0.2, 0.25) is 5.28 Å². The van der Waals surface area contributed by atoms with Gasteiger partial charge < -0.3 is 0 Å². The number of halogens is 1. The maximum atomic E-state index is 5.75. The van der Waals surface area contributed by atoms with Crippen molar-refractivity contribution in [3.63, 3.8) is 0 Å². The molecule has 1 aromatic heterocycles. The van der Waals surface area contributed by atoms with Gasteiger partial charge >= 0.3 is 0 Å². The van der Waals surface area contributed by atoms with Gasteiger partial charge in [-0.05, 0) is 54.5 Å². The molecule has 0 radical (unpaired) electrons. The van der Waals surface area contributed by atoms with Crippen LogP contribution in [0.5, 0.6) is 0 Å². The average molecular weight is 246 g/mol. The molecule has 1 aliphatic carbocycles. The summed E-state index contributed by atoms with van der Waals surface area (Å²) in [5.74, 6) is 0. The molecule has 0 N–H and O–H groups in total. The fourth-order valence-corrected chi connectivity index (χ4v) is 2.45. The molecule has 0 saturated heterocycles. The third-order valence-corrected chi connectivity index (χ3v) is 3.34. The number of hydrogen-bond donors (Lipinski definition) is 0. The lowest BCUT2D eigenvalue weighted by molar-refractivity contribution is 0.686. The molecule has 0 bridgehead atoms. The van der Waals surface area contributed by atoms with Crippen molar-refractivity contribution < 1.29 is 0 Å². The van der Waals surface area contributed by atoms with Gasteiger partial charge in [-0.1, -0.05) is 12.1 Å². The van der Waals surface area contributed by atoms with Crippen molar-refractivity contribution in [1.29, 1.82) is 0 Å². The van der Waals surface area contributed by atoms with E-state index < -0.39 is 0 Å². The Morgan fingerprint density at radius 2 is 1.88 bits per heavy atom. The van der Waals surface area contributed by atoms with Crippen LogP contribution in [0.15, 0.2) is 24.4 Å². The summed E-state index contributed by atoms with van der Waals surface area (Å²) >= 11 is 5.75. The fourth-order valence-electron chi connectivity index (χ4n) is 2.31. The van der Waals surface area contributed by atoms with Crippen LogP contribution in [0.25, 0.3) is 11.3 Å². The van der Waals surface area contributed by atoms with Gasteiger partial charge in [0, 0.05) is 5.56 Å². The zero-order valence-corrected chi connectivity index (χ0v) is 10.1. The average Bonchev–Trinajstić information content (AvgIpc) is 2.38. The van der Waals surface area contributed by atoms with E-state index in [0.29, 0.717) is 0 Å². The highest BCUT2D eigenvalue weighted by Crippen LogP contribution is 2.26. The first-order valence-electron chi connectivity index (χ1n) is 5.80. The van der Waals surface area contributed by atoms with E-state index >= 15 is 0 Å². The quantitative estimate of drug-likeness (QED) is 0.775. The Labute approximate surface area is 105 Å². The van der Waals surface area contributed by atoms with E-state index in [1.54, 1.807) is 6.20 Å². The number of aryl methyl sites for hydroxylation is 2. The number of nitrogens with zero attached hydrogens (tertiary/aromatic N) is 3. The number of aromatic nitrogens is 3. The first-order chi connectivity index (χ1) is 8.33.